The van der Waals surface area contributed by atoms with Crippen molar-refractivity contribution in [2.45, 2.75) is 17.9 Å². The van der Waals surface area contributed by atoms with Gasteiger partial charge < -0.3 is 24.8 Å². The fraction of sp³-hybridized carbons (Fsp3) is 0.125. The first-order valence-electron chi connectivity index (χ1n) is 12.1. The third-order valence-corrected chi connectivity index (χ3v) is 16.2. The Bertz CT molecular complexity index is 1310. The van der Waals surface area contributed by atoms with Gasteiger partial charge in [0.25, 0.3) is 0 Å². The van der Waals surface area contributed by atoms with Gasteiger partial charge in [0.1, 0.15) is 0 Å². The first-order chi connectivity index (χ1) is 16.4. The first-order valence-corrected chi connectivity index (χ1v) is 16.1. The van der Waals surface area contributed by atoms with Crippen LogP contribution in [0.15, 0.2) is 109 Å². The molecule has 4 aromatic rings. The van der Waals surface area contributed by atoms with E-state index in [-0.39, 0.29) is 24.8 Å². The fourth-order valence-corrected chi connectivity index (χ4v) is 16.6. The van der Waals surface area contributed by atoms with E-state index >= 15 is 0 Å². The molecule has 1 heterocycles. The largest absolute Gasteiger partial charge is 1.00 e. The van der Waals surface area contributed by atoms with E-state index < -0.39 is 16.6 Å². The molecule has 172 valence electrons. The van der Waals surface area contributed by atoms with Crippen molar-refractivity contribution in [3.8, 4) is 0 Å². The van der Waals surface area contributed by atoms with Crippen LogP contribution in [0.4, 0.5) is 0 Å². The summed E-state index contributed by atoms with van der Waals surface area (Å²) in [4.78, 5) is 0. The van der Waals surface area contributed by atoms with E-state index in [9.17, 15) is 0 Å². The van der Waals surface area contributed by atoms with Crippen LogP contribution in [0.3, 0.4) is 0 Å². The molecule has 2 unspecified atom stereocenters. The van der Waals surface area contributed by atoms with Gasteiger partial charge in [0.05, 0.1) is 0 Å². The molecule has 1 saturated heterocycles. The molecular weight excluding hydrogens is 503 g/mol. The Morgan fingerprint density at radius 3 is 1.23 bits per heavy atom. The normalized spacial score (nSPS) is 19.5. The maximum Gasteiger partial charge on any atom is -1.00 e. The second kappa shape index (κ2) is 9.60. The number of fused-ring (bicyclic) bond motifs is 2. The van der Waals surface area contributed by atoms with Crippen LogP contribution in [0.2, 0.25) is 9.45 Å². The summed E-state index contributed by atoms with van der Waals surface area (Å²) in [5.74, 6) is 0. The van der Waals surface area contributed by atoms with Gasteiger partial charge in [-0.15, -0.1) is 0 Å². The standard InChI is InChI=1S/2C15H11.C2H4.2ClH.Ti/c2*1-2-6-12(7-3-1)15-10-13-8-4-5-9-14(13)11-15;1-2;;;/h2*1-11H;1-2H2;2*1H;/q;;;;;+2/p-2. The van der Waals surface area contributed by atoms with Crippen LogP contribution < -0.4 is 24.8 Å². The van der Waals surface area contributed by atoms with E-state index in [2.05, 4.69) is 121 Å². The van der Waals surface area contributed by atoms with Crippen LogP contribution in [0, 0.1) is 0 Å². The van der Waals surface area contributed by atoms with Gasteiger partial charge in [-0.25, -0.2) is 0 Å². The number of halogens is 2. The van der Waals surface area contributed by atoms with E-state index in [1.165, 1.54) is 31.7 Å². The van der Waals surface area contributed by atoms with Crippen molar-refractivity contribution in [3.05, 3.63) is 143 Å². The SMILES string of the molecule is C1=C(c2ccccc2)[CH]([Ti+2]2([CH]3C(c4ccccc4)=Cc4ccccc43)[CH2][CH2]2)c2ccccc21.[Cl-].[Cl-]. The van der Waals surface area contributed by atoms with Crippen molar-refractivity contribution in [2.24, 2.45) is 0 Å². The molecule has 2 aliphatic carbocycles. The molecule has 1 fully saturated rings. The van der Waals surface area contributed by atoms with E-state index in [1.54, 1.807) is 22.3 Å². The summed E-state index contributed by atoms with van der Waals surface area (Å²) < 4.78 is 4.11. The summed E-state index contributed by atoms with van der Waals surface area (Å²) in [6, 6.07) is 40.7. The van der Waals surface area contributed by atoms with Crippen LogP contribution >= 0.6 is 0 Å². The molecular formula is C32H26Cl2Ti. The zero-order valence-corrected chi connectivity index (χ0v) is 22.4. The Hall–Kier alpha value is -2.35. The molecule has 0 amide bonds. The van der Waals surface area contributed by atoms with Gasteiger partial charge in [-0.05, 0) is 0 Å². The molecule has 0 radical (unpaired) electrons. The third-order valence-electron chi connectivity index (χ3n) is 8.05. The molecule has 35 heavy (non-hydrogen) atoms. The minimum Gasteiger partial charge on any atom is -1.00 e. The van der Waals surface area contributed by atoms with Crippen LogP contribution in [-0.2, 0) is 16.6 Å². The number of allylic oxidation sites excluding steroid dienone is 2. The summed E-state index contributed by atoms with van der Waals surface area (Å²) in [5.41, 5.74) is 12.0. The molecule has 0 spiro atoms. The van der Waals surface area contributed by atoms with Gasteiger partial charge >= 0.3 is 200 Å². The van der Waals surface area contributed by atoms with Gasteiger partial charge in [0.15, 0.2) is 0 Å². The van der Waals surface area contributed by atoms with Crippen molar-refractivity contribution >= 4 is 23.3 Å². The van der Waals surface area contributed by atoms with Crippen molar-refractivity contribution in [3.63, 3.8) is 0 Å². The molecule has 0 N–H and O–H groups in total. The van der Waals surface area contributed by atoms with Crippen LogP contribution in [-0.4, -0.2) is 0 Å². The minimum absolute atomic E-state index is 0. The van der Waals surface area contributed by atoms with Crippen molar-refractivity contribution in [2.75, 3.05) is 0 Å². The van der Waals surface area contributed by atoms with Gasteiger partial charge in [-0.1, -0.05) is 0 Å². The molecule has 3 heteroatoms. The molecule has 7 rings (SSSR count). The second-order valence-electron chi connectivity index (χ2n) is 9.79. The number of hydrogen-bond acceptors (Lipinski definition) is 0. The second-order valence-corrected chi connectivity index (χ2v) is 17.0. The third kappa shape index (κ3) is 3.88. The Balaban J connectivity index is 0.00000127. The molecule has 0 aromatic heterocycles. The smallest absolute Gasteiger partial charge is 1.00 e. The van der Waals surface area contributed by atoms with Gasteiger partial charge in [0.2, 0.25) is 0 Å². The maximum atomic E-state index is 2.51. The van der Waals surface area contributed by atoms with Crippen molar-refractivity contribution in [1.82, 2.24) is 0 Å². The molecule has 2 atom stereocenters. The van der Waals surface area contributed by atoms with E-state index in [4.69, 9.17) is 0 Å². The van der Waals surface area contributed by atoms with E-state index in [1.807, 2.05) is 0 Å². The van der Waals surface area contributed by atoms with Gasteiger partial charge in [0, 0.05) is 0 Å². The molecule has 4 aromatic carbocycles. The minimum atomic E-state index is -2.39. The zero-order valence-electron chi connectivity index (χ0n) is 19.4. The van der Waals surface area contributed by atoms with Crippen LogP contribution in [0.25, 0.3) is 23.3 Å². The average Bonchev–Trinajstić information content (AvgIpc) is 3.41. The molecule has 0 bridgehead atoms. The first kappa shape index (κ1) is 24.4. The number of benzene rings is 4. The van der Waals surface area contributed by atoms with Crippen molar-refractivity contribution in [1.29, 1.82) is 0 Å². The maximum absolute atomic E-state index is 2.51. The molecule has 0 nitrogen and oxygen atoms in total. The topological polar surface area (TPSA) is 0 Å². The van der Waals surface area contributed by atoms with Crippen molar-refractivity contribution < 1.29 is 41.4 Å². The quantitative estimate of drug-likeness (QED) is 0.357. The predicted molar refractivity (Wildman–Crippen MR) is 137 cm³/mol. The van der Waals surface area contributed by atoms with Gasteiger partial charge in [-0.2, -0.15) is 0 Å². The Morgan fingerprint density at radius 2 is 0.829 bits per heavy atom. The molecule has 3 aliphatic rings. The molecule has 0 saturated carbocycles. The predicted octanol–water partition coefficient (Wildman–Crippen LogP) is 2.59. The molecule has 1 aliphatic heterocycles. The monoisotopic (exact) mass is 528 g/mol. The average molecular weight is 529 g/mol. The van der Waals surface area contributed by atoms with Crippen LogP contribution in [0.5, 0.6) is 0 Å². The number of rotatable bonds is 4. The Morgan fingerprint density at radius 1 is 0.457 bits per heavy atom. The summed E-state index contributed by atoms with van der Waals surface area (Å²) in [6.07, 6.45) is 5.01. The van der Waals surface area contributed by atoms with Crippen LogP contribution in [0.1, 0.15) is 41.8 Å². The van der Waals surface area contributed by atoms with E-state index in [0.717, 1.165) is 0 Å². The summed E-state index contributed by atoms with van der Waals surface area (Å²) in [7, 11) is 0. The fourth-order valence-electron chi connectivity index (χ4n) is 6.54. The summed E-state index contributed by atoms with van der Waals surface area (Å²) in [5, 5.41) is 0. The van der Waals surface area contributed by atoms with Gasteiger partial charge in [-0.3, -0.25) is 0 Å². The Labute approximate surface area is 224 Å². The van der Waals surface area contributed by atoms with E-state index in [0.29, 0.717) is 8.45 Å². The zero-order chi connectivity index (χ0) is 21.8. The Kier molecular flexibility index (Phi) is 6.68. The number of hydrogen-bond donors (Lipinski definition) is 0. The summed E-state index contributed by atoms with van der Waals surface area (Å²) >= 11 is -2.39. The summed E-state index contributed by atoms with van der Waals surface area (Å²) in [6.45, 7) is 0.